The molecule has 0 aliphatic heterocycles. The number of hydrogen-bond acceptors (Lipinski definition) is 6. The number of ether oxygens (including phenoxy) is 1. The first kappa shape index (κ1) is 17.9. The summed E-state index contributed by atoms with van der Waals surface area (Å²) in [6.45, 7) is 5.41. The molecule has 2 aromatic rings. The van der Waals surface area contributed by atoms with Gasteiger partial charge in [-0.3, -0.25) is 4.79 Å². The molecule has 2 aromatic heterocycles. The van der Waals surface area contributed by atoms with Crippen molar-refractivity contribution in [1.82, 2.24) is 10.3 Å². The van der Waals surface area contributed by atoms with Gasteiger partial charge in [0.25, 0.3) is 0 Å². The van der Waals surface area contributed by atoms with Crippen LogP contribution in [0.25, 0.3) is 10.8 Å². The summed E-state index contributed by atoms with van der Waals surface area (Å²) in [4.78, 5) is 27.5. The van der Waals surface area contributed by atoms with E-state index in [1.807, 2.05) is 19.1 Å². The van der Waals surface area contributed by atoms with Gasteiger partial charge in [0.1, 0.15) is 5.76 Å². The van der Waals surface area contributed by atoms with Gasteiger partial charge in [0.05, 0.1) is 25.3 Å². The second-order valence-corrected chi connectivity index (χ2v) is 5.87. The largest absolute Gasteiger partial charge is 0.480 e. The van der Waals surface area contributed by atoms with E-state index in [1.54, 1.807) is 5.38 Å². The number of rotatable bonds is 9. The first-order valence-electron chi connectivity index (χ1n) is 7.21. The molecule has 1 atom stereocenters. The highest BCUT2D eigenvalue weighted by Crippen LogP contribution is 2.25. The van der Waals surface area contributed by atoms with Gasteiger partial charge < -0.3 is 19.6 Å². The van der Waals surface area contributed by atoms with Gasteiger partial charge in [-0.2, -0.15) is 0 Å². The topological polar surface area (TPSA) is 102 Å². The molecule has 2 heterocycles. The van der Waals surface area contributed by atoms with Crippen molar-refractivity contribution < 1.29 is 23.8 Å². The Morgan fingerprint density at radius 2 is 2.33 bits per heavy atom. The molecule has 2 N–H and O–H groups in total. The molecule has 2 rings (SSSR count). The fraction of sp³-hybridized carbons (Fsp3) is 0.312. The molecule has 1 amide bonds. The molecule has 8 heteroatoms. The number of nitrogens with one attached hydrogen (secondary N) is 1. The van der Waals surface area contributed by atoms with Crippen LogP contribution in [0.1, 0.15) is 11.5 Å². The fourth-order valence-electron chi connectivity index (χ4n) is 1.90. The Morgan fingerprint density at radius 3 is 2.96 bits per heavy atom. The van der Waals surface area contributed by atoms with Crippen molar-refractivity contribution in [3.63, 3.8) is 0 Å². The number of carbonyl (C=O) groups excluding carboxylic acids is 1. The third-order valence-corrected chi connectivity index (χ3v) is 3.90. The molecule has 7 nitrogen and oxygen atoms in total. The highest BCUT2D eigenvalue weighted by Gasteiger charge is 2.21. The van der Waals surface area contributed by atoms with Crippen LogP contribution < -0.4 is 5.32 Å². The van der Waals surface area contributed by atoms with Crippen LogP contribution in [0.4, 0.5) is 0 Å². The van der Waals surface area contributed by atoms with E-state index in [9.17, 15) is 9.59 Å². The summed E-state index contributed by atoms with van der Waals surface area (Å²) in [5.74, 6) is -0.164. The van der Waals surface area contributed by atoms with Crippen LogP contribution >= 0.6 is 11.3 Å². The number of carboxylic acids is 1. The molecule has 0 bridgehead atoms. The quantitative estimate of drug-likeness (QED) is 0.530. The minimum absolute atomic E-state index is 0.0125. The summed E-state index contributed by atoms with van der Waals surface area (Å²) in [5.41, 5.74) is 0.553. The number of carboxylic acid groups (broad SMARTS) is 1. The Labute approximate surface area is 143 Å². The van der Waals surface area contributed by atoms with Crippen molar-refractivity contribution in [2.24, 2.45) is 0 Å². The van der Waals surface area contributed by atoms with Crippen LogP contribution in [0.5, 0.6) is 0 Å². The molecule has 24 heavy (non-hydrogen) atoms. The van der Waals surface area contributed by atoms with E-state index in [-0.39, 0.29) is 19.6 Å². The Hall–Kier alpha value is -2.45. The van der Waals surface area contributed by atoms with Gasteiger partial charge in [-0.05, 0) is 19.1 Å². The molecule has 0 saturated heterocycles. The number of hydrogen-bond donors (Lipinski definition) is 2. The molecule has 0 aliphatic rings. The van der Waals surface area contributed by atoms with Crippen LogP contribution in [0.2, 0.25) is 0 Å². The maximum absolute atomic E-state index is 12.0. The van der Waals surface area contributed by atoms with Gasteiger partial charge in [-0.1, -0.05) is 6.08 Å². The minimum atomic E-state index is -1.16. The van der Waals surface area contributed by atoms with E-state index < -0.39 is 17.9 Å². The predicted molar refractivity (Wildman–Crippen MR) is 88.8 cm³/mol. The smallest absolute Gasteiger partial charge is 0.328 e. The zero-order valence-electron chi connectivity index (χ0n) is 13.2. The average Bonchev–Trinajstić information content (AvgIpc) is 3.15. The summed E-state index contributed by atoms with van der Waals surface area (Å²) < 4.78 is 10.6. The number of aliphatic carboxylic acids is 1. The lowest BCUT2D eigenvalue weighted by molar-refractivity contribution is -0.143. The van der Waals surface area contributed by atoms with Crippen molar-refractivity contribution >= 4 is 23.2 Å². The summed E-state index contributed by atoms with van der Waals surface area (Å²) in [6, 6.07) is 2.54. The molecule has 0 aromatic carbocycles. The van der Waals surface area contributed by atoms with E-state index in [0.717, 1.165) is 5.76 Å². The van der Waals surface area contributed by atoms with Crippen LogP contribution in [-0.2, 0) is 20.7 Å². The number of thiazole rings is 1. The maximum Gasteiger partial charge on any atom is 0.328 e. The second kappa shape index (κ2) is 8.42. The van der Waals surface area contributed by atoms with Gasteiger partial charge in [-0.25, -0.2) is 9.78 Å². The number of nitrogens with zero attached hydrogens (tertiary/aromatic N) is 1. The Kier molecular flexibility index (Phi) is 6.28. The standard InChI is InChI=1S/C16H18N2O5S/c1-3-6-22-8-12(16(20)21)18-14(19)7-11-9-24-15(17-11)13-5-4-10(2)23-13/h3-5,9,12H,1,6-8H2,2H3,(H,18,19)(H,20,21). The molecule has 0 aliphatic carbocycles. The average molecular weight is 350 g/mol. The lowest BCUT2D eigenvalue weighted by atomic mass is 10.2. The maximum atomic E-state index is 12.0. The van der Waals surface area contributed by atoms with Crippen molar-refractivity contribution in [1.29, 1.82) is 0 Å². The van der Waals surface area contributed by atoms with Gasteiger partial charge in [0, 0.05) is 5.38 Å². The van der Waals surface area contributed by atoms with Gasteiger partial charge in [0.15, 0.2) is 16.8 Å². The Balaban J connectivity index is 1.92. The van der Waals surface area contributed by atoms with Gasteiger partial charge in [0.2, 0.25) is 5.91 Å². The predicted octanol–water partition coefficient (Wildman–Crippen LogP) is 2.03. The highest BCUT2D eigenvalue weighted by atomic mass is 32.1. The van der Waals surface area contributed by atoms with Gasteiger partial charge in [-0.15, -0.1) is 17.9 Å². The van der Waals surface area contributed by atoms with E-state index >= 15 is 0 Å². The Morgan fingerprint density at radius 1 is 1.54 bits per heavy atom. The second-order valence-electron chi connectivity index (χ2n) is 5.02. The van der Waals surface area contributed by atoms with Crippen molar-refractivity contribution in [3.05, 3.63) is 41.6 Å². The third-order valence-electron chi connectivity index (χ3n) is 3.00. The van der Waals surface area contributed by atoms with Crippen molar-refractivity contribution in [3.8, 4) is 10.8 Å². The lowest BCUT2D eigenvalue weighted by Gasteiger charge is -2.13. The fourth-order valence-corrected chi connectivity index (χ4v) is 2.68. The summed E-state index contributed by atoms with van der Waals surface area (Å²) in [5, 5.41) is 13.9. The molecule has 1 unspecified atom stereocenters. The van der Waals surface area contributed by atoms with E-state index in [0.29, 0.717) is 16.5 Å². The minimum Gasteiger partial charge on any atom is -0.480 e. The zero-order valence-corrected chi connectivity index (χ0v) is 14.0. The van der Waals surface area contributed by atoms with Crippen LogP contribution in [0.3, 0.4) is 0 Å². The molecular weight excluding hydrogens is 332 g/mol. The van der Waals surface area contributed by atoms with Crippen molar-refractivity contribution in [2.75, 3.05) is 13.2 Å². The SMILES string of the molecule is C=CCOCC(NC(=O)Cc1csc(-c2ccc(C)o2)n1)C(=O)O. The van der Waals surface area contributed by atoms with Gasteiger partial charge >= 0.3 is 5.97 Å². The number of aryl methyl sites for hydroxylation is 1. The summed E-state index contributed by atoms with van der Waals surface area (Å²) in [6.07, 6.45) is 1.50. The van der Waals surface area contributed by atoms with E-state index in [2.05, 4.69) is 16.9 Å². The monoisotopic (exact) mass is 350 g/mol. The molecule has 0 spiro atoms. The number of amides is 1. The first-order valence-corrected chi connectivity index (χ1v) is 8.09. The molecule has 0 saturated carbocycles. The van der Waals surface area contributed by atoms with Crippen LogP contribution in [-0.4, -0.2) is 41.2 Å². The number of carbonyl (C=O) groups is 2. The summed E-state index contributed by atoms with van der Waals surface area (Å²) in [7, 11) is 0. The lowest BCUT2D eigenvalue weighted by Crippen LogP contribution is -2.44. The molecular formula is C16H18N2O5S. The van der Waals surface area contributed by atoms with E-state index in [4.69, 9.17) is 14.3 Å². The molecule has 128 valence electrons. The molecule has 0 fully saturated rings. The van der Waals surface area contributed by atoms with Crippen LogP contribution in [0.15, 0.2) is 34.6 Å². The van der Waals surface area contributed by atoms with E-state index in [1.165, 1.54) is 17.4 Å². The highest BCUT2D eigenvalue weighted by molar-refractivity contribution is 7.13. The third kappa shape index (κ3) is 5.04. The molecule has 0 radical (unpaired) electrons. The summed E-state index contributed by atoms with van der Waals surface area (Å²) >= 11 is 1.36. The first-order chi connectivity index (χ1) is 11.5. The van der Waals surface area contributed by atoms with Crippen LogP contribution in [0, 0.1) is 6.92 Å². The normalized spacial score (nSPS) is 11.9. The Bertz CT molecular complexity index is 722. The number of aromatic nitrogens is 1. The number of furan rings is 1. The zero-order chi connectivity index (χ0) is 17.5. The van der Waals surface area contributed by atoms with Crippen molar-refractivity contribution in [2.45, 2.75) is 19.4 Å².